The third-order valence-corrected chi connectivity index (χ3v) is 5.18. The second-order valence-corrected chi connectivity index (χ2v) is 7.30. The van der Waals surface area contributed by atoms with Crippen molar-refractivity contribution in [2.45, 2.75) is 6.54 Å². The Hall–Kier alpha value is -3.64. The van der Waals surface area contributed by atoms with Crippen LogP contribution in [0, 0.1) is 0 Å². The number of fused-ring (bicyclic) bond motifs is 3. The molecule has 30 heavy (non-hydrogen) atoms. The van der Waals surface area contributed by atoms with Crippen LogP contribution in [0.2, 0.25) is 5.02 Å². The summed E-state index contributed by atoms with van der Waals surface area (Å²) in [4.78, 5) is 4.88. The molecule has 0 fully saturated rings. The molecular weight excluding hydrogens is 398 g/mol. The maximum Gasteiger partial charge on any atom is 0.186 e. The summed E-state index contributed by atoms with van der Waals surface area (Å²) in [5, 5.41) is 13.8. The van der Waals surface area contributed by atoms with Gasteiger partial charge in [-0.15, -0.1) is 5.10 Å². The van der Waals surface area contributed by atoms with Gasteiger partial charge in [-0.3, -0.25) is 0 Å². The van der Waals surface area contributed by atoms with Crippen molar-refractivity contribution in [3.8, 4) is 17.0 Å². The second kappa shape index (κ2) is 7.65. The minimum Gasteiger partial charge on any atom is -0.497 e. The van der Waals surface area contributed by atoms with E-state index in [0.29, 0.717) is 22.9 Å². The van der Waals surface area contributed by atoms with Crippen molar-refractivity contribution in [1.29, 1.82) is 0 Å². The largest absolute Gasteiger partial charge is 0.497 e. The summed E-state index contributed by atoms with van der Waals surface area (Å²) in [7, 11) is 1.67. The van der Waals surface area contributed by atoms with E-state index < -0.39 is 0 Å². The van der Waals surface area contributed by atoms with Crippen LogP contribution in [-0.2, 0) is 6.54 Å². The maximum atomic E-state index is 6.18. The first kappa shape index (κ1) is 18.4. The molecule has 0 atom stereocenters. The first-order valence-corrected chi connectivity index (χ1v) is 9.87. The second-order valence-electron chi connectivity index (χ2n) is 6.87. The molecule has 2 aromatic heterocycles. The molecule has 0 amide bonds. The Morgan fingerprint density at radius 1 is 1.00 bits per heavy atom. The van der Waals surface area contributed by atoms with Crippen molar-refractivity contribution in [1.82, 2.24) is 19.8 Å². The molecule has 5 rings (SSSR count). The quantitative estimate of drug-likeness (QED) is 0.426. The van der Waals surface area contributed by atoms with Gasteiger partial charge in [0, 0.05) is 22.5 Å². The number of benzene rings is 3. The number of anilines is 1. The molecule has 6 nitrogen and oxygen atoms in total. The van der Waals surface area contributed by atoms with E-state index >= 15 is 0 Å². The lowest BCUT2D eigenvalue weighted by atomic mass is 10.1. The number of aromatic nitrogens is 4. The van der Waals surface area contributed by atoms with E-state index in [0.717, 1.165) is 33.6 Å². The Bertz CT molecular complexity index is 1360. The van der Waals surface area contributed by atoms with Crippen molar-refractivity contribution in [3.63, 3.8) is 0 Å². The predicted molar refractivity (Wildman–Crippen MR) is 119 cm³/mol. The van der Waals surface area contributed by atoms with Crippen LogP contribution in [0.3, 0.4) is 0 Å². The highest BCUT2D eigenvalue weighted by atomic mass is 35.5. The number of ether oxygens (including phenoxy) is 1. The fourth-order valence-electron chi connectivity index (χ4n) is 3.49. The van der Waals surface area contributed by atoms with E-state index in [4.69, 9.17) is 21.3 Å². The van der Waals surface area contributed by atoms with E-state index in [1.54, 1.807) is 11.6 Å². The summed E-state index contributed by atoms with van der Waals surface area (Å²) in [5.74, 6) is 1.59. The van der Waals surface area contributed by atoms with Gasteiger partial charge in [-0.1, -0.05) is 53.2 Å². The number of methoxy groups -OCH3 is 1. The molecule has 0 saturated heterocycles. The molecule has 0 aliphatic carbocycles. The predicted octanol–water partition coefficient (Wildman–Crippen LogP) is 5.22. The molecular formula is C23H18ClN5O. The summed E-state index contributed by atoms with van der Waals surface area (Å²) >= 11 is 6.18. The Morgan fingerprint density at radius 3 is 2.73 bits per heavy atom. The van der Waals surface area contributed by atoms with Gasteiger partial charge in [-0.25, -0.2) is 4.98 Å². The standard InChI is InChI=1S/C23H18ClN5O/c1-30-18-9-4-6-15(12-18)14-25-22-19-10-2-3-11-20(19)29-23(26-22)21(27-28-29)16-7-5-8-17(24)13-16/h2-13H,14H2,1H3,(H,25,26). The smallest absolute Gasteiger partial charge is 0.186 e. The summed E-state index contributed by atoms with van der Waals surface area (Å²) in [6.07, 6.45) is 0. The third-order valence-electron chi connectivity index (χ3n) is 4.94. The lowest BCUT2D eigenvalue weighted by Gasteiger charge is -2.11. The zero-order chi connectivity index (χ0) is 20.5. The lowest BCUT2D eigenvalue weighted by Crippen LogP contribution is -2.05. The topological polar surface area (TPSA) is 64.3 Å². The van der Waals surface area contributed by atoms with Gasteiger partial charge in [0.2, 0.25) is 0 Å². The number of halogens is 1. The molecule has 0 saturated carbocycles. The van der Waals surface area contributed by atoms with Crippen LogP contribution < -0.4 is 10.1 Å². The lowest BCUT2D eigenvalue weighted by molar-refractivity contribution is 0.414. The van der Waals surface area contributed by atoms with E-state index in [-0.39, 0.29) is 0 Å². The highest BCUT2D eigenvalue weighted by Crippen LogP contribution is 2.29. The molecule has 0 aliphatic rings. The van der Waals surface area contributed by atoms with Crippen LogP contribution in [0.4, 0.5) is 5.82 Å². The molecule has 1 N–H and O–H groups in total. The van der Waals surface area contributed by atoms with Crippen LogP contribution in [0.1, 0.15) is 5.56 Å². The van der Waals surface area contributed by atoms with Gasteiger partial charge < -0.3 is 10.1 Å². The summed E-state index contributed by atoms with van der Waals surface area (Å²) in [5.41, 5.74) is 4.26. The third kappa shape index (κ3) is 3.31. The van der Waals surface area contributed by atoms with Crippen LogP contribution >= 0.6 is 11.6 Å². The van der Waals surface area contributed by atoms with Crippen molar-refractivity contribution in [2.24, 2.45) is 0 Å². The van der Waals surface area contributed by atoms with E-state index in [1.165, 1.54) is 0 Å². The Morgan fingerprint density at radius 2 is 1.87 bits per heavy atom. The molecule has 0 radical (unpaired) electrons. The molecule has 0 bridgehead atoms. The molecule has 148 valence electrons. The number of rotatable bonds is 5. The monoisotopic (exact) mass is 415 g/mol. The first-order chi connectivity index (χ1) is 14.7. The molecule has 0 spiro atoms. The van der Waals surface area contributed by atoms with Crippen LogP contribution in [0.15, 0.2) is 72.8 Å². The van der Waals surface area contributed by atoms with Gasteiger partial charge >= 0.3 is 0 Å². The minimum atomic E-state index is 0.610. The Labute approximate surface area is 178 Å². The van der Waals surface area contributed by atoms with Crippen LogP contribution in [-0.4, -0.2) is 26.9 Å². The summed E-state index contributed by atoms with van der Waals surface area (Å²) in [6, 6.07) is 23.5. The number of nitrogens with zero attached hydrogens (tertiary/aromatic N) is 4. The number of hydrogen-bond donors (Lipinski definition) is 1. The van der Waals surface area contributed by atoms with Gasteiger partial charge in [0.05, 0.1) is 12.6 Å². The minimum absolute atomic E-state index is 0.610. The number of hydrogen-bond acceptors (Lipinski definition) is 5. The van der Waals surface area contributed by atoms with Gasteiger partial charge in [0.15, 0.2) is 5.65 Å². The van der Waals surface area contributed by atoms with E-state index in [1.807, 2.05) is 72.8 Å². The van der Waals surface area contributed by atoms with Gasteiger partial charge in [-0.05, 0) is 42.0 Å². The van der Waals surface area contributed by atoms with Gasteiger partial charge in [0.1, 0.15) is 17.3 Å². The highest BCUT2D eigenvalue weighted by molar-refractivity contribution is 6.30. The summed E-state index contributed by atoms with van der Waals surface area (Å²) < 4.78 is 7.09. The Kier molecular flexibility index (Phi) is 4.69. The number of nitrogens with one attached hydrogen (secondary N) is 1. The molecule has 0 aliphatic heterocycles. The van der Waals surface area contributed by atoms with Crippen molar-refractivity contribution < 1.29 is 4.74 Å². The van der Waals surface area contributed by atoms with Crippen molar-refractivity contribution in [3.05, 3.63) is 83.4 Å². The average molecular weight is 416 g/mol. The molecule has 0 unspecified atom stereocenters. The van der Waals surface area contributed by atoms with E-state index in [9.17, 15) is 0 Å². The maximum absolute atomic E-state index is 6.18. The summed E-state index contributed by atoms with van der Waals surface area (Å²) in [6.45, 7) is 0.610. The fourth-order valence-corrected chi connectivity index (χ4v) is 3.68. The molecule has 3 aromatic carbocycles. The van der Waals surface area contributed by atoms with Crippen LogP contribution in [0.5, 0.6) is 5.75 Å². The Balaban J connectivity index is 1.62. The zero-order valence-corrected chi connectivity index (χ0v) is 17.0. The molecule has 2 heterocycles. The first-order valence-electron chi connectivity index (χ1n) is 9.50. The number of para-hydroxylation sites is 1. The van der Waals surface area contributed by atoms with Gasteiger partial charge in [0.25, 0.3) is 0 Å². The van der Waals surface area contributed by atoms with Crippen molar-refractivity contribution >= 4 is 34.0 Å². The van der Waals surface area contributed by atoms with E-state index in [2.05, 4.69) is 15.6 Å². The zero-order valence-electron chi connectivity index (χ0n) is 16.2. The molecule has 5 aromatic rings. The molecule has 7 heteroatoms. The highest BCUT2D eigenvalue weighted by Gasteiger charge is 2.16. The van der Waals surface area contributed by atoms with Crippen LogP contribution in [0.25, 0.3) is 27.8 Å². The SMILES string of the molecule is COc1cccc(CNc2nc3c(-c4cccc(Cl)c4)nnn3c3ccccc23)c1. The average Bonchev–Trinajstić information content (AvgIpc) is 3.22. The normalized spacial score (nSPS) is 11.1. The van der Waals surface area contributed by atoms with Gasteiger partial charge in [-0.2, -0.15) is 4.52 Å². The van der Waals surface area contributed by atoms with Crippen molar-refractivity contribution in [2.75, 3.05) is 12.4 Å². The fraction of sp³-hybridized carbons (Fsp3) is 0.0870.